The van der Waals surface area contributed by atoms with Crippen LogP contribution in [0.2, 0.25) is 0 Å². The van der Waals surface area contributed by atoms with Gasteiger partial charge in [0, 0.05) is 29.8 Å². The summed E-state index contributed by atoms with van der Waals surface area (Å²) >= 11 is 0. The fourth-order valence-electron chi connectivity index (χ4n) is 4.39. The number of carbonyl (C=O) groups is 1. The Morgan fingerprint density at radius 1 is 1.12 bits per heavy atom. The lowest BCUT2D eigenvalue weighted by Crippen LogP contribution is -2.39. The van der Waals surface area contributed by atoms with Crippen molar-refractivity contribution in [1.29, 1.82) is 5.26 Å². The first-order valence-electron chi connectivity index (χ1n) is 10.0. The predicted octanol–water partition coefficient (Wildman–Crippen LogP) is 4.92. The number of nitro groups is 1. The van der Waals surface area contributed by atoms with Crippen LogP contribution in [0.5, 0.6) is 0 Å². The van der Waals surface area contributed by atoms with Crippen molar-refractivity contribution in [3.8, 4) is 6.07 Å². The molecular weight excluding hydrogens is 437 g/mol. The molecule has 2 aliphatic rings. The molecule has 1 heterocycles. The monoisotopic (exact) mass is 454 g/mol. The van der Waals surface area contributed by atoms with E-state index in [-0.39, 0.29) is 47.0 Å². The van der Waals surface area contributed by atoms with Crippen molar-refractivity contribution in [2.45, 2.75) is 31.4 Å². The van der Waals surface area contributed by atoms with E-state index in [1.807, 2.05) is 6.07 Å². The van der Waals surface area contributed by atoms with E-state index in [0.29, 0.717) is 17.7 Å². The second-order valence-corrected chi connectivity index (χ2v) is 7.68. The second kappa shape index (κ2) is 8.09. The minimum absolute atomic E-state index is 0.0881. The van der Waals surface area contributed by atoms with E-state index >= 15 is 0 Å². The molecule has 2 N–H and O–H groups in total. The maximum atomic E-state index is 13.8. The van der Waals surface area contributed by atoms with Crippen molar-refractivity contribution in [2.24, 2.45) is 5.73 Å². The third-order valence-corrected chi connectivity index (χ3v) is 5.80. The van der Waals surface area contributed by atoms with Gasteiger partial charge in [-0.05, 0) is 30.5 Å². The number of hydrogen-bond donors (Lipinski definition) is 1. The van der Waals surface area contributed by atoms with E-state index in [1.165, 1.54) is 42.5 Å². The van der Waals surface area contributed by atoms with E-state index in [4.69, 9.17) is 5.73 Å². The SMILES string of the molecule is N#CC1=C(N)N(c2ccccc2C(F)(F)F)C2=C(C(=O)CCC2)C1c1ccc([N+](=O)[O-])cc1. The number of carbonyl (C=O) groups excluding carboxylic acids is 1. The van der Waals surface area contributed by atoms with Gasteiger partial charge in [0.15, 0.2) is 5.78 Å². The number of benzene rings is 2. The van der Waals surface area contributed by atoms with Gasteiger partial charge in [0.2, 0.25) is 0 Å². The largest absolute Gasteiger partial charge is 0.418 e. The number of nitrogens with two attached hydrogens (primary N) is 1. The number of nitro benzene ring substituents is 1. The molecule has 1 unspecified atom stereocenters. The number of anilines is 1. The van der Waals surface area contributed by atoms with Gasteiger partial charge in [-0.15, -0.1) is 0 Å². The Labute approximate surface area is 186 Å². The van der Waals surface area contributed by atoms with Crippen LogP contribution in [0.1, 0.15) is 36.3 Å². The van der Waals surface area contributed by atoms with Gasteiger partial charge in [0.25, 0.3) is 5.69 Å². The Morgan fingerprint density at radius 2 is 1.79 bits per heavy atom. The molecule has 0 aromatic heterocycles. The molecule has 0 bridgehead atoms. The number of ketones is 1. The summed E-state index contributed by atoms with van der Waals surface area (Å²) in [6, 6.07) is 12.2. The number of alkyl halides is 3. The zero-order valence-electron chi connectivity index (χ0n) is 17.1. The lowest BCUT2D eigenvalue weighted by Gasteiger charge is -2.40. The van der Waals surface area contributed by atoms with Crippen LogP contribution in [-0.2, 0) is 11.0 Å². The Morgan fingerprint density at radius 3 is 2.39 bits per heavy atom. The fourth-order valence-corrected chi connectivity index (χ4v) is 4.39. The van der Waals surface area contributed by atoms with E-state index in [2.05, 4.69) is 0 Å². The molecule has 0 saturated heterocycles. The minimum atomic E-state index is -4.68. The number of allylic oxidation sites excluding steroid dienone is 3. The van der Waals surface area contributed by atoms with Crippen molar-refractivity contribution in [3.05, 3.63) is 92.4 Å². The normalized spacial score (nSPS) is 18.8. The average molecular weight is 454 g/mol. The summed E-state index contributed by atoms with van der Waals surface area (Å²) in [5, 5.41) is 20.9. The zero-order chi connectivity index (χ0) is 23.9. The summed E-state index contributed by atoms with van der Waals surface area (Å²) in [6.07, 6.45) is -3.80. The lowest BCUT2D eigenvalue weighted by molar-refractivity contribution is -0.384. The maximum absolute atomic E-state index is 13.8. The Kier molecular flexibility index (Phi) is 5.41. The number of nitrogens with zero attached hydrogens (tertiary/aromatic N) is 3. The van der Waals surface area contributed by atoms with Gasteiger partial charge in [-0.3, -0.25) is 19.8 Å². The van der Waals surface area contributed by atoms with Gasteiger partial charge in [-0.1, -0.05) is 24.3 Å². The first kappa shape index (κ1) is 22.1. The highest BCUT2D eigenvalue weighted by atomic mass is 19.4. The third kappa shape index (κ3) is 3.71. The van der Waals surface area contributed by atoms with Crippen LogP contribution in [0, 0.1) is 21.4 Å². The van der Waals surface area contributed by atoms with E-state index < -0.39 is 22.6 Å². The molecule has 0 amide bonds. The van der Waals surface area contributed by atoms with Gasteiger partial charge in [0.05, 0.1) is 33.7 Å². The molecule has 0 radical (unpaired) electrons. The molecule has 1 aliphatic heterocycles. The molecule has 7 nitrogen and oxygen atoms in total. The number of non-ortho nitro benzene ring substituents is 1. The molecule has 1 aliphatic carbocycles. The van der Waals surface area contributed by atoms with Gasteiger partial charge in [-0.2, -0.15) is 18.4 Å². The summed E-state index contributed by atoms with van der Waals surface area (Å²) < 4.78 is 41.3. The van der Waals surface area contributed by atoms with Crippen LogP contribution in [0.4, 0.5) is 24.5 Å². The highest BCUT2D eigenvalue weighted by Crippen LogP contribution is 2.48. The molecular formula is C23H17F3N4O3. The van der Waals surface area contributed by atoms with Gasteiger partial charge < -0.3 is 5.73 Å². The molecule has 168 valence electrons. The highest BCUT2D eigenvalue weighted by Gasteiger charge is 2.43. The standard InChI is InChI=1S/C23H17F3N4O3/c24-23(25,26)16-4-1-2-5-17(16)29-18-6-3-7-19(31)21(18)20(15(12-27)22(29)28)13-8-10-14(11-9-13)30(32)33/h1-2,4-5,8-11,20H,3,6-7,28H2. The number of para-hydroxylation sites is 1. The third-order valence-electron chi connectivity index (χ3n) is 5.80. The molecule has 2 aromatic carbocycles. The Balaban J connectivity index is 1.97. The van der Waals surface area contributed by atoms with Crippen molar-refractivity contribution < 1.29 is 22.9 Å². The molecule has 33 heavy (non-hydrogen) atoms. The molecule has 0 saturated carbocycles. The van der Waals surface area contributed by atoms with Crippen molar-refractivity contribution in [1.82, 2.24) is 0 Å². The topological polar surface area (TPSA) is 113 Å². The van der Waals surface area contributed by atoms with Gasteiger partial charge in [-0.25, -0.2) is 0 Å². The molecule has 4 rings (SSSR count). The number of rotatable bonds is 3. The maximum Gasteiger partial charge on any atom is 0.418 e. The number of halogens is 3. The number of hydrogen-bond acceptors (Lipinski definition) is 6. The smallest absolute Gasteiger partial charge is 0.384 e. The van der Waals surface area contributed by atoms with E-state index in [1.54, 1.807) is 0 Å². The van der Waals surface area contributed by atoms with E-state index in [0.717, 1.165) is 11.0 Å². The minimum Gasteiger partial charge on any atom is -0.384 e. The summed E-state index contributed by atoms with van der Waals surface area (Å²) in [5.74, 6) is -1.42. The average Bonchev–Trinajstić information content (AvgIpc) is 2.78. The fraction of sp³-hybridized carbons (Fsp3) is 0.217. The van der Waals surface area contributed by atoms with Crippen LogP contribution in [0.3, 0.4) is 0 Å². The first-order valence-corrected chi connectivity index (χ1v) is 10.0. The van der Waals surface area contributed by atoms with Crippen molar-refractivity contribution >= 4 is 17.2 Å². The number of Topliss-reactive ketones (excluding diaryl/α,β-unsaturated/α-hetero) is 1. The first-order chi connectivity index (χ1) is 15.6. The van der Waals surface area contributed by atoms with Crippen molar-refractivity contribution in [3.63, 3.8) is 0 Å². The van der Waals surface area contributed by atoms with Crippen LogP contribution in [0.25, 0.3) is 0 Å². The summed E-state index contributed by atoms with van der Waals surface area (Å²) in [4.78, 5) is 24.6. The summed E-state index contributed by atoms with van der Waals surface area (Å²) in [6.45, 7) is 0. The van der Waals surface area contributed by atoms with Crippen LogP contribution < -0.4 is 10.6 Å². The summed E-state index contributed by atoms with van der Waals surface area (Å²) in [5.41, 5.74) is 5.76. The van der Waals surface area contributed by atoms with Crippen LogP contribution >= 0.6 is 0 Å². The van der Waals surface area contributed by atoms with Crippen LogP contribution in [0.15, 0.2) is 71.2 Å². The molecule has 10 heteroatoms. The molecule has 0 spiro atoms. The predicted molar refractivity (Wildman–Crippen MR) is 112 cm³/mol. The van der Waals surface area contributed by atoms with Gasteiger partial charge >= 0.3 is 6.18 Å². The molecule has 1 atom stereocenters. The molecule has 0 fully saturated rings. The quantitative estimate of drug-likeness (QED) is 0.520. The van der Waals surface area contributed by atoms with Crippen LogP contribution in [-0.4, -0.2) is 10.7 Å². The van der Waals surface area contributed by atoms with Crippen molar-refractivity contribution in [2.75, 3.05) is 4.90 Å². The highest BCUT2D eigenvalue weighted by molar-refractivity contribution is 6.01. The van der Waals surface area contributed by atoms with Gasteiger partial charge in [0.1, 0.15) is 5.82 Å². The second-order valence-electron chi connectivity index (χ2n) is 7.68. The lowest BCUT2D eigenvalue weighted by atomic mass is 9.75. The van der Waals surface area contributed by atoms with E-state index in [9.17, 15) is 33.3 Å². The Hall–Kier alpha value is -4.13. The molecule has 2 aromatic rings. The summed E-state index contributed by atoms with van der Waals surface area (Å²) in [7, 11) is 0. The zero-order valence-corrected chi connectivity index (χ0v) is 17.1. The Bertz CT molecular complexity index is 1260. The number of nitriles is 1.